The zero-order chi connectivity index (χ0) is 13.5. The van der Waals surface area contributed by atoms with E-state index in [0.717, 1.165) is 39.1 Å². The van der Waals surface area contributed by atoms with Crippen molar-refractivity contribution in [2.45, 2.75) is 38.8 Å². The van der Waals surface area contributed by atoms with E-state index < -0.39 is 0 Å². The van der Waals surface area contributed by atoms with Crippen LogP contribution in [0.2, 0.25) is 0 Å². The minimum absolute atomic E-state index is 0.225. The Morgan fingerprint density at radius 1 is 1.26 bits per heavy atom. The Morgan fingerprint density at radius 2 is 2.11 bits per heavy atom. The summed E-state index contributed by atoms with van der Waals surface area (Å²) in [5, 5.41) is 6.93. The fourth-order valence-corrected chi connectivity index (χ4v) is 2.48. The van der Waals surface area contributed by atoms with Gasteiger partial charge >= 0.3 is 0 Å². The zero-order valence-corrected chi connectivity index (χ0v) is 12.1. The maximum Gasteiger partial charge on any atom is 0.0952 e. The van der Waals surface area contributed by atoms with E-state index in [9.17, 15) is 0 Å². The molecule has 0 bridgehead atoms. The molecule has 1 aromatic carbocycles. The molecule has 1 aliphatic rings. The van der Waals surface area contributed by atoms with Crippen molar-refractivity contribution >= 4 is 0 Å². The first-order valence-corrected chi connectivity index (χ1v) is 7.41. The van der Waals surface area contributed by atoms with Gasteiger partial charge in [0.05, 0.1) is 12.7 Å². The van der Waals surface area contributed by atoms with Crippen molar-refractivity contribution in [2.24, 2.45) is 0 Å². The van der Waals surface area contributed by atoms with E-state index in [0.29, 0.717) is 6.04 Å². The molecule has 0 fully saturated rings. The lowest BCUT2D eigenvalue weighted by Crippen LogP contribution is -2.30. The molecule has 0 saturated heterocycles. The van der Waals surface area contributed by atoms with E-state index >= 15 is 0 Å². The molecule has 2 N–H and O–H groups in total. The predicted molar refractivity (Wildman–Crippen MR) is 79.5 cm³/mol. The lowest BCUT2D eigenvalue weighted by atomic mass is 9.97. The summed E-state index contributed by atoms with van der Waals surface area (Å²) >= 11 is 0. The number of benzene rings is 1. The van der Waals surface area contributed by atoms with Crippen molar-refractivity contribution in [3.63, 3.8) is 0 Å². The van der Waals surface area contributed by atoms with Crippen LogP contribution in [0.5, 0.6) is 0 Å². The molecule has 1 heterocycles. The molecule has 1 atom stereocenters. The van der Waals surface area contributed by atoms with Crippen LogP contribution in [0.4, 0.5) is 0 Å². The molecule has 0 amide bonds. The van der Waals surface area contributed by atoms with Gasteiger partial charge in [-0.15, -0.1) is 0 Å². The Balaban J connectivity index is 1.70. The van der Waals surface area contributed by atoms with E-state index in [4.69, 9.17) is 4.74 Å². The van der Waals surface area contributed by atoms with Crippen LogP contribution in [0.25, 0.3) is 0 Å². The second kappa shape index (κ2) is 7.63. The summed E-state index contributed by atoms with van der Waals surface area (Å²) in [4.78, 5) is 0. The molecule has 3 heteroatoms. The van der Waals surface area contributed by atoms with E-state index in [2.05, 4.69) is 48.7 Å². The number of fused-ring (bicyclic) bond motifs is 1. The average molecular weight is 262 g/mol. The molecule has 19 heavy (non-hydrogen) atoms. The third-order valence-electron chi connectivity index (χ3n) is 3.51. The summed E-state index contributed by atoms with van der Waals surface area (Å²) in [6.45, 7) is 8.24. The molecule has 0 saturated carbocycles. The highest BCUT2D eigenvalue weighted by molar-refractivity contribution is 5.31. The molecule has 3 nitrogen and oxygen atoms in total. The van der Waals surface area contributed by atoms with Crippen LogP contribution in [0.15, 0.2) is 24.3 Å². The number of ether oxygens (including phenoxy) is 1. The van der Waals surface area contributed by atoms with Crippen molar-refractivity contribution in [2.75, 3.05) is 26.2 Å². The van der Waals surface area contributed by atoms with E-state index in [1.165, 1.54) is 11.1 Å². The fraction of sp³-hybridized carbons (Fsp3) is 0.625. The average Bonchev–Trinajstić information content (AvgIpc) is 2.42. The molecule has 0 aromatic heterocycles. The van der Waals surface area contributed by atoms with Gasteiger partial charge < -0.3 is 15.4 Å². The van der Waals surface area contributed by atoms with Crippen LogP contribution in [-0.2, 0) is 11.2 Å². The van der Waals surface area contributed by atoms with E-state index in [-0.39, 0.29) is 6.10 Å². The lowest BCUT2D eigenvalue weighted by Gasteiger charge is -2.26. The van der Waals surface area contributed by atoms with Gasteiger partial charge in [-0.2, -0.15) is 0 Å². The maximum atomic E-state index is 5.87. The maximum absolute atomic E-state index is 5.87. The topological polar surface area (TPSA) is 33.3 Å². The predicted octanol–water partition coefficient (Wildman–Crippen LogP) is 2.28. The first-order chi connectivity index (χ1) is 9.27. The Morgan fingerprint density at radius 3 is 2.95 bits per heavy atom. The summed E-state index contributed by atoms with van der Waals surface area (Å²) in [6.07, 6.45) is 2.43. The lowest BCUT2D eigenvalue weighted by molar-refractivity contribution is 0.0426. The Hall–Kier alpha value is -0.900. The largest absolute Gasteiger partial charge is 0.372 e. The first-order valence-electron chi connectivity index (χ1n) is 7.41. The highest BCUT2D eigenvalue weighted by Crippen LogP contribution is 2.25. The Kier molecular flexibility index (Phi) is 5.83. The van der Waals surface area contributed by atoms with Gasteiger partial charge in [-0.05, 0) is 37.1 Å². The quantitative estimate of drug-likeness (QED) is 0.740. The van der Waals surface area contributed by atoms with Crippen molar-refractivity contribution in [1.29, 1.82) is 0 Å². The van der Waals surface area contributed by atoms with Crippen LogP contribution in [0.1, 0.15) is 37.5 Å². The molecule has 1 aliphatic heterocycles. The van der Waals surface area contributed by atoms with Crippen molar-refractivity contribution in [1.82, 2.24) is 10.6 Å². The molecular formula is C16H26N2O. The Labute approximate surface area is 116 Å². The van der Waals surface area contributed by atoms with Crippen LogP contribution >= 0.6 is 0 Å². The Bertz CT molecular complexity index is 379. The molecule has 0 radical (unpaired) electrons. The monoisotopic (exact) mass is 262 g/mol. The van der Waals surface area contributed by atoms with Gasteiger partial charge in [-0.1, -0.05) is 38.1 Å². The molecule has 0 spiro atoms. The minimum atomic E-state index is 0.225. The summed E-state index contributed by atoms with van der Waals surface area (Å²) in [6, 6.07) is 9.21. The van der Waals surface area contributed by atoms with E-state index in [1.807, 2.05) is 0 Å². The van der Waals surface area contributed by atoms with Gasteiger partial charge in [0.15, 0.2) is 0 Å². The van der Waals surface area contributed by atoms with Gasteiger partial charge in [0.1, 0.15) is 0 Å². The first kappa shape index (κ1) is 14.5. The van der Waals surface area contributed by atoms with Crippen LogP contribution in [0.3, 0.4) is 0 Å². The number of rotatable bonds is 7. The van der Waals surface area contributed by atoms with Crippen LogP contribution in [0, 0.1) is 0 Å². The standard InChI is InChI=1S/C16H26N2O/c1-13(2)18-10-5-9-17-12-16-15-7-4-3-6-14(15)8-11-19-16/h3-4,6-7,13,16-18H,5,8-12H2,1-2H3. The summed E-state index contributed by atoms with van der Waals surface area (Å²) < 4.78 is 5.87. The van der Waals surface area contributed by atoms with Crippen molar-refractivity contribution < 1.29 is 4.74 Å². The SMILES string of the molecule is CC(C)NCCCNCC1OCCc2ccccc21. The number of hydrogen-bond donors (Lipinski definition) is 2. The summed E-state index contributed by atoms with van der Waals surface area (Å²) in [7, 11) is 0. The zero-order valence-electron chi connectivity index (χ0n) is 12.1. The highest BCUT2D eigenvalue weighted by Gasteiger charge is 2.19. The second-order valence-electron chi connectivity index (χ2n) is 5.47. The highest BCUT2D eigenvalue weighted by atomic mass is 16.5. The minimum Gasteiger partial charge on any atom is -0.372 e. The third kappa shape index (κ3) is 4.60. The molecule has 106 valence electrons. The molecule has 2 rings (SSSR count). The normalized spacial score (nSPS) is 18.6. The van der Waals surface area contributed by atoms with Gasteiger partial charge in [-0.25, -0.2) is 0 Å². The van der Waals surface area contributed by atoms with Crippen LogP contribution < -0.4 is 10.6 Å². The van der Waals surface area contributed by atoms with Crippen molar-refractivity contribution in [3.8, 4) is 0 Å². The smallest absolute Gasteiger partial charge is 0.0952 e. The third-order valence-corrected chi connectivity index (χ3v) is 3.51. The van der Waals surface area contributed by atoms with Gasteiger partial charge in [0, 0.05) is 12.6 Å². The molecule has 1 unspecified atom stereocenters. The van der Waals surface area contributed by atoms with Crippen molar-refractivity contribution in [3.05, 3.63) is 35.4 Å². The summed E-state index contributed by atoms with van der Waals surface area (Å²) in [5.41, 5.74) is 2.81. The fourth-order valence-electron chi connectivity index (χ4n) is 2.48. The molecular weight excluding hydrogens is 236 g/mol. The van der Waals surface area contributed by atoms with Crippen LogP contribution in [-0.4, -0.2) is 32.3 Å². The number of hydrogen-bond acceptors (Lipinski definition) is 3. The second-order valence-corrected chi connectivity index (χ2v) is 5.47. The van der Waals surface area contributed by atoms with E-state index in [1.54, 1.807) is 0 Å². The summed E-state index contributed by atoms with van der Waals surface area (Å²) in [5.74, 6) is 0. The number of nitrogens with one attached hydrogen (secondary N) is 2. The molecule has 0 aliphatic carbocycles. The van der Waals surface area contributed by atoms with Gasteiger partial charge in [0.2, 0.25) is 0 Å². The molecule has 1 aromatic rings. The van der Waals surface area contributed by atoms with Gasteiger partial charge in [0.25, 0.3) is 0 Å². The van der Waals surface area contributed by atoms with Gasteiger partial charge in [-0.3, -0.25) is 0 Å².